The van der Waals surface area contributed by atoms with Gasteiger partial charge in [-0.3, -0.25) is 4.79 Å². The normalized spacial score (nSPS) is 10.0. The largest absolute Gasteiger partial charge is 0.494 e. The van der Waals surface area contributed by atoms with Crippen molar-refractivity contribution < 1.29 is 18.7 Å². The lowest BCUT2D eigenvalue weighted by atomic mass is 10.1. The van der Waals surface area contributed by atoms with Crippen molar-refractivity contribution in [3.63, 3.8) is 0 Å². The number of hydrogen-bond donors (Lipinski definition) is 0. The van der Waals surface area contributed by atoms with Crippen molar-refractivity contribution in [2.75, 3.05) is 13.7 Å². The predicted octanol–water partition coefficient (Wildman–Crippen LogP) is 2.59. The van der Waals surface area contributed by atoms with Crippen LogP contribution in [0.15, 0.2) is 12.1 Å². The van der Waals surface area contributed by atoms with Gasteiger partial charge in [-0.25, -0.2) is 4.39 Å². The van der Waals surface area contributed by atoms with Crippen molar-refractivity contribution in [2.24, 2.45) is 0 Å². The fourth-order valence-electron chi connectivity index (χ4n) is 1.23. The van der Waals surface area contributed by atoms with Gasteiger partial charge in [-0.1, -0.05) is 17.7 Å². The van der Waals surface area contributed by atoms with E-state index in [9.17, 15) is 9.18 Å². The molecule has 0 unspecified atom stereocenters. The first-order valence-corrected chi connectivity index (χ1v) is 5.14. The zero-order valence-corrected chi connectivity index (χ0v) is 9.81. The molecule has 1 aromatic rings. The van der Waals surface area contributed by atoms with Crippen molar-refractivity contribution in [1.29, 1.82) is 0 Å². The minimum atomic E-state index is -0.661. The molecule has 1 aromatic carbocycles. The Morgan fingerprint density at radius 1 is 1.50 bits per heavy atom. The molecule has 0 bridgehead atoms. The average Bonchev–Trinajstić information content (AvgIpc) is 2.25. The summed E-state index contributed by atoms with van der Waals surface area (Å²) in [6.45, 7) is 1.99. The molecule has 5 heteroatoms. The molecule has 0 aliphatic rings. The number of methoxy groups -OCH3 is 1. The Balaban J connectivity index is 2.90. The number of hydrogen-bond acceptors (Lipinski definition) is 3. The van der Waals surface area contributed by atoms with Crippen molar-refractivity contribution in [3.8, 4) is 5.75 Å². The molecule has 1 rings (SSSR count). The van der Waals surface area contributed by atoms with Crippen LogP contribution in [0.1, 0.15) is 12.5 Å². The lowest BCUT2D eigenvalue weighted by Gasteiger charge is -2.08. The van der Waals surface area contributed by atoms with Crippen molar-refractivity contribution in [2.45, 2.75) is 13.3 Å². The van der Waals surface area contributed by atoms with Crippen LogP contribution in [0.3, 0.4) is 0 Å². The highest BCUT2D eigenvalue weighted by Crippen LogP contribution is 2.28. The molecule has 0 N–H and O–H groups in total. The Hall–Kier alpha value is -1.29. The third-order valence-electron chi connectivity index (χ3n) is 1.99. The summed E-state index contributed by atoms with van der Waals surface area (Å²) in [5.74, 6) is -1.04. The Morgan fingerprint density at radius 2 is 2.19 bits per heavy atom. The average molecular weight is 247 g/mol. The summed E-state index contributed by atoms with van der Waals surface area (Å²) in [5, 5.41) is -0.104. The number of rotatable bonds is 4. The molecule has 0 fully saturated rings. The fourth-order valence-corrected chi connectivity index (χ4v) is 1.46. The molecule has 16 heavy (non-hydrogen) atoms. The van der Waals surface area contributed by atoms with Crippen LogP contribution in [0, 0.1) is 5.82 Å². The molecule has 0 heterocycles. The zero-order chi connectivity index (χ0) is 12.1. The number of benzene rings is 1. The molecule has 0 atom stereocenters. The van der Waals surface area contributed by atoms with Crippen molar-refractivity contribution >= 4 is 17.6 Å². The summed E-state index contributed by atoms with van der Waals surface area (Å²) in [6.07, 6.45) is -0.0480. The smallest absolute Gasteiger partial charge is 0.310 e. The molecule has 3 nitrogen and oxygen atoms in total. The molecule has 0 spiro atoms. The number of ether oxygens (including phenoxy) is 2. The zero-order valence-electron chi connectivity index (χ0n) is 9.05. The maximum absolute atomic E-state index is 13.5. The Labute approximate surface area is 98.1 Å². The molecular formula is C11H12ClFO3. The number of halogens is 2. The van der Waals surface area contributed by atoms with Crippen LogP contribution in [0.2, 0.25) is 5.02 Å². The van der Waals surface area contributed by atoms with E-state index in [1.54, 1.807) is 13.0 Å². The molecule has 0 saturated carbocycles. The number of carbonyl (C=O) groups excluding carboxylic acids is 1. The van der Waals surface area contributed by atoms with E-state index in [0.29, 0.717) is 5.56 Å². The molecule has 0 aliphatic carbocycles. The molecule has 0 amide bonds. The summed E-state index contributed by atoms with van der Waals surface area (Å²) in [5.41, 5.74) is 0.387. The highest BCUT2D eigenvalue weighted by atomic mass is 35.5. The van der Waals surface area contributed by atoms with Gasteiger partial charge in [0, 0.05) is 0 Å². The van der Waals surface area contributed by atoms with Crippen molar-refractivity contribution in [1.82, 2.24) is 0 Å². The number of carbonyl (C=O) groups is 1. The van der Waals surface area contributed by atoms with E-state index in [4.69, 9.17) is 21.1 Å². The molecule has 0 saturated heterocycles. The molecule has 88 valence electrons. The first-order chi connectivity index (χ1) is 7.60. The van der Waals surface area contributed by atoms with Crippen molar-refractivity contribution in [3.05, 3.63) is 28.5 Å². The second-order valence-corrected chi connectivity index (χ2v) is 3.41. The van der Waals surface area contributed by atoms with E-state index in [-0.39, 0.29) is 23.8 Å². The van der Waals surface area contributed by atoms with Gasteiger partial charge in [-0.15, -0.1) is 0 Å². The minimum absolute atomic E-state index is 0.0480. The van der Waals surface area contributed by atoms with Gasteiger partial charge in [0.25, 0.3) is 0 Å². The van der Waals surface area contributed by atoms with Gasteiger partial charge in [0.2, 0.25) is 0 Å². The first kappa shape index (κ1) is 12.8. The maximum atomic E-state index is 13.5. The highest BCUT2D eigenvalue weighted by molar-refractivity contribution is 6.31. The van der Waals surface area contributed by atoms with Crippen LogP contribution >= 0.6 is 11.6 Å². The van der Waals surface area contributed by atoms with Gasteiger partial charge >= 0.3 is 5.97 Å². The van der Waals surface area contributed by atoms with Crippen LogP contribution in [-0.4, -0.2) is 19.7 Å². The van der Waals surface area contributed by atoms with Crippen LogP contribution in [0.25, 0.3) is 0 Å². The van der Waals surface area contributed by atoms with E-state index < -0.39 is 11.8 Å². The van der Waals surface area contributed by atoms with Crippen LogP contribution < -0.4 is 4.74 Å². The highest BCUT2D eigenvalue weighted by Gasteiger charge is 2.14. The summed E-state index contributed by atoms with van der Waals surface area (Å²) in [6, 6.07) is 2.97. The van der Waals surface area contributed by atoms with Gasteiger partial charge < -0.3 is 9.47 Å². The maximum Gasteiger partial charge on any atom is 0.310 e. The lowest BCUT2D eigenvalue weighted by molar-refractivity contribution is -0.142. The number of esters is 1. The first-order valence-electron chi connectivity index (χ1n) is 4.76. The molecule has 0 aliphatic heterocycles. The second kappa shape index (κ2) is 5.70. The van der Waals surface area contributed by atoms with Gasteiger partial charge in [0.1, 0.15) is 0 Å². The monoisotopic (exact) mass is 246 g/mol. The van der Waals surface area contributed by atoms with E-state index in [0.717, 1.165) is 0 Å². The van der Waals surface area contributed by atoms with Crippen LogP contribution in [0.4, 0.5) is 4.39 Å². The molecule has 0 aromatic heterocycles. The SMILES string of the molecule is CCOC(=O)Cc1ccc(OC)c(F)c1Cl. The molecule has 0 radical (unpaired) electrons. The van der Waals surface area contributed by atoms with Crippen LogP contribution in [-0.2, 0) is 16.0 Å². The fraction of sp³-hybridized carbons (Fsp3) is 0.364. The molecular weight excluding hydrogens is 235 g/mol. The van der Waals surface area contributed by atoms with E-state index in [2.05, 4.69) is 0 Å². The summed E-state index contributed by atoms with van der Waals surface area (Å²) >= 11 is 5.76. The van der Waals surface area contributed by atoms with E-state index >= 15 is 0 Å². The van der Waals surface area contributed by atoms with Gasteiger partial charge in [0.15, 0.2) is 11.6 Å². The Kier molecular flexibility index (Phi) is 4.55. The third-order valence-corrected chi connectivity index (χ3v) is 2.40. The lowest BCUT2D eigenvalue weighted by Crippen LogP contribution is -2.08. The van der Waals surface area contributed by atoms with Gasteiger partial charge in [-0.2, -0.15) is 0 Å². The van der Waals surface area contributed by atoms with E-state index in [1.165, 1.54) is 13.2 Å². The Morgan fingerprint density at radius 3 is 2.75 bits per heavy atom. The summed E-state index contributed by atoms with van der Waals surface area (Å²) < 4.78 is 23.0. The Bertz CT molecular complexity index is 393. The minimum Gasteiger partial charge on any atom is -0.494 e. The van der Waals surface area contributed by atoms with Crippen LogP contribution in [0.5, 0.6) is 5.75 Å². The second-order valence-electron chi connectivity index (χ2n) is 3.04. The van der Waals surface area contributed by atoms with E-state index in [1.807, 2.05) is 0 Å². The topological polar surface area (TPSA) is 35.5 Å². The quantitative estimate of drug-likeness (QED) is 0.766. The third kappa shape index (κ3) is 2.85. The predicted molar refractivity (Wildman–Crippen MR) is 58.3 cm³/mol. The summed E-state index contributed by atoms with van der Waals surface area (Å²) in [4.78, 5) is 11.2. The summed E-state index contributed by atoms with van der Waals surface area (Å²) in [7, 11) is 1.35. The van der Waals surface area contributed by atoms with Gasteiger partial charge in [-0.05, 0) is 18.6 Å². The standard InChI is InChI=1S/C11H12ClFO3/c1-3-16-9(14)6-7-4-5-8(15-2)11(13)10(7)12/h4-5H,3,6H2,1-2H3. The van der Waals surface area contributed by atoms with Gasteiger partial charge in [0.05, 0.1) is 25.2 Å².